The van der Waals surface area contributed by atoms with E-state index in [0.29, 0.717) is 23.4 Å². The van der Waals surface area contributed by atoms with Crippen LogP contribution >= 0.6 is 0 Å². The summed E-state index contributed by atoms with van der Waals surface area (Å²) in [6.45, 7) is 13.8. The fourth-order valence-electron chi connectivity index (χ4n) is 13.2. The van der Waals surface area contributed by atoms with Gasteiger partial charge in [0.15, 0.2) is 17.4 Å². The number of phenolic OH excluding ortho intramolecular Hbond substituents is 1. The second-order valence-corrected chi connectivity index (χ2v) is 21.0. The minimum absolute atomic E-state index is 0.00499. The van der Waals surface area contributed by atoms with Gasteiger partial charge in [-0.05, 0) is 140 Å². The predicted molar refractivity (Wildman–Crippen MR) is 252 cm³/mol. The minimum Gasteiger partial charge on any atom is -0.505 e. The predicted octanol–water partition coefficient (Wildman–Crippen LogP) is 10.9. The maximum Gasteiger partial charge on any atom is 0.336 e. The summed E-state index contributed by atoms with van der Waals surface area (Å²) in [4.78, 5) is 50.6. The lowest BCUT2D eigenvalue weighted by molar-refractivity contribution is -0.120. The highest BCUT2D eigenvalue weighted by Crippen LogP contribution is 2.67. The number of hydrogen-bond acceptors (Lipinski definition) is 7. The molecule has 2 amide bonds. The molecule has 5 N–H and O–H groups in total. The van der Waals surface area contributed by atoms with Crippen LogP contribution in [0.2, 0.25) is 0 Å². The molecule has 0 bridgehead atoms. The smallest absolute Gasteiger partial charge is 0.336 e. The zero-order valence-electron chi connectivity index (χ0n) is 39.2. The highest BCUT2D eigenvalue weighted by atomic mass is 19.1. The van der Waals surface area contributed by atoms with Crippen molar-refractivity contribution in [3.63, 3.8) is 0 Å². The van der Waals surface area contributed by atoms with E-state index < -0.39 is 34.7 Å². The van der Waals surface area contributed by atoms with Gasteiger partial charge in [-0.15, -0.1) is 0 Å². The number of phenols is 1. The van der Waals surface area contributed by atoms with Gasteiger partial charge < -0.3 is 30.6 Å². The molecule has 5 aliphatic carbocycles. The first-order chi connectivity index (χ1) is 31.5. The largest absolute Gasteiger partial charge is 0.505 e. The number of carbonyl (C=O) groups is 3. The van der Waals surface area contributed by atoms with Crippen molar-refractivity contribution in [3.8, 4) is 28.2 Å². The molecule has 354 valence electrons. The molecule has 0 aromatic heterocycles. The third-order valence-electron chi connectivity index (χ3n) is 16.7. The van der Waals surface area contributed by atoms with Crippen molar-refractivity contribution in [1.82, 2.24) is 16.0 Å². The molecule has 8 rings (SSSR count). The Balaban J connectivity index is 0.799. The van der Waals surface area contributed by atoms with Crippen LogP contribution in [0.5, 0.6) is 5.75 Å². The van der Waals surface area contributed by atoms with E-state index >= 15 is 0 Å². The van der Waals surface area contributed by atoms with Crippen LogP contribution in [0.3, 0.4) is 0 Å². The number of amides is 2. The monoisotopic (exact) mass is 907 g/mol. The number of carbonyl (C=O) groups excluding carboxylic acids is 2. The third kappa shape index (κ3) is 9.28. The SMILES string of the molecule is CC(C)CCC[C@@H](C)[C@H]1CCC2C3CC=C4C[C@@H](NCCCNC(=O)CCNC(=O)c5ccc(-c6c7cc(F)c(=O)cc-7oc7cc(O)c(F)cc67)c(C(=O)O)c5)CC[C@]4(C)C3CC[C@@]21C. The first-order valence-corrected chi connectivity index (χ1v) is 24.4. The Morgan fingerprint density at radius 2 is 1.67 bits per heavy atom. The summed E-state index contributed by atoms with van der Waals surface area (Å²) in [5, 5.41) is 29.6. The van der Waals surface area contributed by atoms with Crippen LogP contribution in [0.25, 0.3) is 33.4 Å². The van der Waals surface area contributed by atoms with Crippen LogP contribution < -0.4 is 21.4 Å². The summed E-state index contributed by atoms with van der Waals surface area (Å²) in [5.41, 5.74) is 1.06. The molecule has 0 spiro atoms. The van der Waals surface area contributed by atoms with E-state index in [-0.39, 0.29) is 63.4 Å². The lowest BCUT2D eigenvalue weighted by Crippen LogP contribution is -2.51. The number of aromatic carboxylic acids is 1. The van der Waals surface area contributed by atoms with Gasteiger partial charge >= 0.3 is 5.97 Å². The second kappa shape index (κ2) is 19.2. The van der Waals surface area contributed by atoms with Gasteiger partial charge in [0.2, 0.25) is 11.3 Å². The van der Waals surface area contributed by atoms with Crippen molar-refractivity contribution >= 4 is 28.8 Å². The summed E-state index contributed by atoms with van der Waals surface area (Å²) in [7, 11) is 0. The molecule has 3 unspecified atom stereocenters. The lowest BCUT2D eigenvalue weighted by atomic mass is 9.47. The number of rotatable bonds is 16. The summed E-state index contributed by atoms with van der Waals surface area (Å²) in [6.07, 6.45) is 17.9. The van der Waals surface area contributed by atoms with Crippen molar-refractivity contribution in [2.45, 2.75) is 124 Å². The van der Waals surface area contributed by atoms with Crippen LogP contribution in [0.4, 0.5) is 8.78 Å². The van der Waals surface area contributed by atoms with Crippen LogP contribution in [-0.2, 0) is 4.79 Å². The quantitative estimate of drug-likeness (QED) is 0.0422. The number of halogens is 2. The highest BCUT2D eigenvalue weighted by Gasteiger charge is 2.59. The van der Waals surface area contributed by atoms with E-state index in [4.69, 9.17) is 4.42 Å². The highest BCUT2D eigenvalue weighted by molar-refractivity contribution is 6.09. The third-order valence-corrected chi connectivity index (χ3v) is 16.7. The standard InChI is InChI=1S/C54H67F2N3O7/c1-30(2)8-6-9-31(3)40-14-15-41-36-13-11-33-25-34(16-19-53(33,4)42(36)17-20-54(40,41)5)57-21-7-22-58-49(62)18-23-59-51(63)32-10-12-35(37(24-32)52(64)65)50-38-26-43(55)45(60)28-47(38)66-48-29-46(61)44(56)27-39(48)50/h10-12,24,26-31,34,36,40-42,57,60H,6-9,13-23,25H2,1-5H3,(H,58,62)(H,59,63)(H,64,65)/t31-,34+,36?,40-,41?,42?,53+,54-/m1/s1. The number of nitrogens with one attached hydrogen (secondary N) is 3. The van der Waals surface area contributed by atoms with E-state index in [9.17, 15) is 38.2 Å². The Kier molecular flexibility index (Phi) is 13.8. The lowest BCUT2D eigenvalue weighted by Gasteiger charge is -2.58. The number of allylic oxidation sites excluding steroid dienone is 1. The molecule has 6 aliphatic rings. The van der Waals surface area contributed by atoms with Gasteiger partial charge in [-0.2, -0.15) is 0 Å². The average Bonchev–Trinajstić information content (AvgIpc) is 3.63. The zero-order chi connectivity index (χ0) is 47.1. The summed E-state index contributed by atoms with van der Waals surface area (Å²) in [6, 6.07) is 7.95. The first kappa shape index (κ1) is 47.4. The number of hydrogen-bond donors (Lipinski definition) is 5. The van der Waals surface area contributed by atoms with Crippen LogP contribution in [0, 0.1) is 58.0 Å². The van der Waals surface area contributed by atoms with Gasteiger partial charge in [-0.3, -0.25) is 14.4 Å². The molecule has 0 radical (unpaired) electrons. The van der Waals surface area contributed by atoms with Crippen LogP contribution in [0.1, 0.15) is 139 Å². The average molecular weight is 908 g/mol. The normalized spacial score (nSPS) is 26.4. The zero-order valence-corrected chi connectivity index (χ0v) is 39.2. The van der Waals surface area contributed by atoms with Crippen molar-refractivity contribution in [2.24, 2.45) is 46.3 Å². The fraction of sp³-hybridized carbons (Fsp3) is 0.556. The van der Waals surface area contributed by atoms with E-state index in [2.05, 4.69) is 56.6 Å². The van der Waals surface area contributed by atoms with E-state index in [1.807, 2.05) is 0 Å². The fourth-order valence-corrected chi connectivity index (χ4v) is 13.2. The molecular formula is C54H67F2N3O7. The van der Waals surface area contributed by atoms with Crippen molar-refractivity contribution in [2.75, 3.05) is 19.6 Å². The Hall–Kier alpha value is -5.10. The summed E-state index contributed by atoms with van der Waals surface area (Å²) >= 11 is 0. The van der Waals surface area contributed by atoms with Gasteiger partial charge in [0.1, 0.15) is 11.3 Å². The summed E-state index contributed by atoms with van der Waals surface area (Å²) in [5.74, 6) is -0.319. The van der Waals surface area contributed by atoms with Crippen LogP contribution in [0.15, 0.2) is 63.3 Å². The molecule has 1 heterocycles. The minimum atomic E-state index is -1.43. The van der Waals surface area contributed by atoms with Crippen molar-refractivity contribution in [3.05, 3.63) is 87.1 Å². The Morgan fingerprint density at radius 3 is 2.44 bits per heavy atom. The molecule has 66 heavy (non-hydrogen) atoms. The molecule has 0 saturated heterocycles. The molecule has 10 nitrogen and oxygen atoms in total. The number of carboxylic acid groups (broad SMARTS) is 1. The number of fused-ring (bicyclic) bond motifs is 7. The molecule has 1 aliphatic heterocycles. The molecule has 2 aromatic carbocycles. The number of benzene rings is 3. The van der Waals surface area contributed by atoms with Gasteiger partial charge in [-0.25, -0.2) is 13.6 Å². The number of aromatic hydroxyl groups is 1. The van der Waals surface area contributed by atoms with Crippen molar-refractivity contribution in [1.29, 1.82) is 0 Å². The van der Waals surface area contributed by atoms with E-state index in [1.54, 1.807) is 5.57 Å². The Bertz CT molecular complexity index is 2550. The van der Waals surface area contributed by atoms with Gasteiger partial charge in [-0.1, -0.05) is 71.6 Å². The van der Waals surface area contributed by atoms with E-state index in [1.165, 1.54) is 76.3 Å². The maximum absolute atomic E-state index is 14.6. The molecular weight excluding hydrogens is 841 g/mol. The molecule has 8 atom stereocenters. The van der Waals surface area contributed by atoms with Crippen LogP contribution in [-0.4, -0.2) is 53.7 Å². The second-order valence-electron chi connectivity index (χ2n) is 21.0. The Morgan fingerprint density at radius 1 is 0.864 bits per heavy atom. The molecule has 12 heteroatoms. The molecule has 2 aromatic rings. The van der Waals surface area contributed by atoms with Crippen molar-refractivity contribution < 1.29 is 37.8 Å². The molecule has 3 fully saturated rings. The number of carboxylic acids is 1. The van der Waals surface area contributed by atoms with E-state index in [0.717, 1.165) is 85.2 Å². The summed E-state index contributed by atoms with van der Waals surface area (Å²) < 4.78 is 34.9. The Labute approximate surface area is 386 Å². The van der Waals surface area contributed by atoms with Gasteiger partial charge in [0, 0.05) is 59.8 Å². The topological polar surface area (TPSA) is 158 Å². The first-order valence-electron chi connectivity index (χ1n) is 24.4. The van der Waals surface area contributed by atoms with Gasteiger partial charge in [0.25, 0.3) is 5.91 Å². The maximum atomic E-state index is 14.6. The van der Waals surface area contributed by atoms with Gasteiger partial charge in [0.05, 0.1) is 5.56 Å². The molecule has 3 saturated carbocycles.